The SMILES string of the molecule is NCCc1[nH]c(-c2ccc(Cl)cc2)nc1Cl. The lowest BCUT2D eigenvalue weighted by Gasteiger charge is -1.96. The summed E-state index contributed by atoms with van der Waals surface area (Å²) in [6.07, 6.45) is 0.694. The average Bonchev–Trinajstić information content (AvgIpc) is 2.62. The number of hydrogen-bond donors (Lipinski definition) is 2. The van der Waals surface area contributed by atoms with Crippen molar-refractivity contribution in [1.29, 1.82) is 0 Å². The van der Waals surface area contributed by atoms with Crippen LogP contribution in [0.4, 0.5) is 0 Å². The zero-order chi connectivity index (χ0) is 11.5. The molecular formula is C11H11Cl2N3. The first kappa shape index (κ1) is 11.5. The molecule has 1 aromatic heterocycles. The van der Waals surface area contributed by atoms with Crippen molar-refractivity contribution in [3.05, 3.63) is 40.1 Å². The maximum Gasteiger partial charge on any atom is 0.150 e. The van der Waals surface area contributed by atoms with E-state index in [1.807, 2.05) is 24.3 Å². The molecule has 84 valence electrons. The zero-order valence-electron chi connectivity index (χ0n) is 8.50. The fourth-order valence-electron chi connectivity index (χ4n) is 1.44. The molecule has 0 aliphatic rings. The molecule has 2 aromatic rings. The molecule has 0 atom stereocenters. The van der Waals surface area contributed by atoms with Crippen LogP contribution in [0.2, 0.25) is 10.2 Å². The van der Waals surface area contributed by atoms with Crippen molar-refractivity contribution in [3.63, 3.8) is 0 Å². The molecule has 3 N–H and O–H groups in total. The van der Waals surface area contributed by atoms with Gasteiger partial charge in [0.05, 0.1) is 5.69 Å². The molecule has 5 heteroatoms. The second-order valence-corrected chi connectivity index (χ2v) is 4.19. The van der Waals surface area contributed by atoms with Crippen LogP contribution in [-0.2, 0) is 6.42 Å². The van der Waals surface area contributed by atoms with Crippen molar-refractivity contribution in [2.24, 2.45) is 5.73 Å². The number of nitrogens with one attached hydrogen (secondary N) is 1. The average molecular weight is 256 g/mol. The fraction of sp³-hybridized carbons (Fsp3) is 0.182. The second kappa shape index (κ2) is 4.87. The lowest BCUT2D eigenvalue weighted by molar-refractivity contribution is 0.936. The molecule has 1 heterocycles. The highest BCUT2D eigenvalue weighted by atomic mass is 35.5. The Morgan fingerprint density at radius 2 is 1.88 bits per heavy atom. The summed E-state index contributed by atoms with van der Waals surface area (Å²) in [4.78, 5) is 7.39. The molecular weight excluding hydrogens is 245 g/mol. The molecule has 0 spiro atoms. The molecule has 0 saturated carbocycles. The summed E-state index contributed by atoms with van der Waals surface area (Å²) in [7, 11) is 0. The Morgan fingerprint density at radius 3 is 2.50 bits per heavy atom. The number of imidazole rings is 1. The Hall–Kier alpha value is -1.03. The molecule has 1 aromatic carbocycles. The van der Waals surface area contributed by atoms with Gasteiger partial charge in [-0.3, -0.25) is 0 Å². The number of aromatic nitrogens is 2. The highest BCUT2D eigenvalue weighted by Crippen LogP contribution is 2.22. The highest BCUT2D eigenvalue weighted by Gasteiger charge is 2.08. The Kier molecular flexibility index (Phi) is 3.49. The molecule has 0 aliphatic carbocycles. The van der Waals surface area contributed by atoms with Crippen molar-refractivity contribution < 1.29 is 0 Å². The lowest BCUT2D eigenvalue weighted by Crippen LogP contribution is -2.03. The quantitative estimate of drug-likeness (QED) is 0.887. The molecule has 0 fully saturated rings. The maximum absolute atomic E-state index is 5.98. The van der Waals surface area contributed by atoms with E-state index >= 15 is 0 Å². The first-order chi connectivity index (χ1) is 7.70. The lowest BCUT2D eigenvalue weighted by atomic mass is 10.2. The van der Waals surface area contributed by atoms with E-state index in [4.69, 9.17) is 28.9 Å². The van der Waals surface area contributed by atoms with Crippen molar-refractivity contribution in [2.75, 3.05) is 6.54 Å². The van der Waals surface area contributed by atoms with E-state index in [0.717, 1.165) is 17.1 Å². The molecule has 0 radical (unpaired) electrons. The van der Waals surface area contributed by atoms with Crippen molar-refractivity contribution >= 4 is 23.2 Å². The predicted molar refractivity (Wildman–Crippen MR) is 66.8 cm³/mol. The summed E-state index contributed by atoms with van der Waals surface area (Å²) >= 11 is 11.8. The first-order valence-corrected chi connectivity index (χ1v) is 5.66. The maximum atomic E-state index is 5.98. The smallest absolute Gasteiger partial charge is 0.150 e. The summed E-state index contributed by atoms with van der Waals surface area (Å²) < 4.78 is 0. The number of nitrogens with zero attached hydrogens (tertiary/aromatic N) is 1. The summed E-state index contributed by atoms with van der Waals surface area (Å²) in [5.74, 6) is 0.741. The highest BCUT2D eigenvalue weighted by molar-refractivity contribution is 6.30. The van der Waals surface area contributed by atoms with Gasteiger partial charge in [0.15, 0.2) is 5.15 Å². The van der Waals surface area contributed by atoms with E-state index in [1.165, 1.54) is 0 Å². The van der Waals surface area contributed by atoms with Crippen LogP contribution in [0.3, 0.4) is 0 Å². The fourth-order valence-corrected chi connectivity index (χ4v) is 1.79. The zero-order valence-corrected chi connectivity index (χ0v) is 10.0. The van der Waals surface area contributed by atoms with Crippen LogP contribution < -0.4 is 5.73 Å². The third-order valence-corrected chi connectivity index (χ3v) is 2.80. The van der Waals surface area contributed by atoms with Gasteiger partial charge < -0.3 is 10.7 Å². The number of rotatable bonds is 3. The number of H-pyrrole nitrogens is 1. The Balaban J connectivity index is 2.33. The van der Waals surface area contributed by atoms with Crippen LogP contribution in [0.25, 0.3) is 11.4 Å². The van der Waals surface area contributed by atoms with Gasteiger partial charge in [-0.25, -0.2) is 4.98 Å². The van der Waals surface area contributed by atoms with Crippen LogP contribution in [0.5, 0.6) is 0 Å². The molecule has 2 rings (SSSR count). The summed E-state index contributed by atoms with van der Waals surface area (Å²) in [5.41, 5.74) is 7.30. The van der Waals surface area contributed by atoms with E-state index < -0.39 is 0 Å². The van der Waals surface area contributed by atoms with Crippen molar-refractivity contribution in [1.82, 2.24) is 9.97 Å². The first-order valence-electron chi connectivity index (χ1n) is 4.91. The Morgan fingerprint density at radius 1 is 1.19 bits per heavy atom. The molecule has 0 bridgehead atoms. The predicted octanol–water partition coefficient (Wildman–Crippen LogP) is 2.88. The molecule has 16 heavy (non-hydrogen) atoms. The number of halogens is 2. The van der Waals surface area contributed by atoms with Gasteiger partial charge in [-0.1, -0.05) is 23.2 Å². The van der Waals surface area contributed by atoms with Gasteiger partial charge >= 0.3 is 0 Å². The minimum atomic E-state index is 0.482. The van der Waals surface area contributed by atoms with Crippen LogP contribution in [-0.4, -0.2) is 16.5 Å². The standard InChI is InChI=1S/C11H11Cl2N3/c12-8-3-1-7(2-4-8)11-15-9(5-6-14)10(13)16-11/h1-4H,5-6,14H2,(H,15,16). The number of benzene rings is 1. The van der Waals surface area contributed by atoms with E-state index in [2.05, 4.69) is 9.97 Å². The van der Waals surface area contributed by atoms with Crippen LogP contribution >= 0.6 is 23.2 Å². The van der Waals surface area contributed by atoms with E-state index in [-0.39, 0.29) is 0 Å². The molecule has 0 amide bonds. The monoisotopic (exact) mass is 255 g/mol. The van der Waals surface area contributed by atoms with Gasteiger partial charge in [-0.2, -0.15) is 0 Å². The van der Waals surface area contributed by atoms with Crippen molar-refractivity contribution in [2.45, 2.75) is 6.42 Å². The van der Waals surface area contributed by atoms with E-state index in [9.17, 15) is 0 Å². The Labute approximate surface area is 104 Å². The third kappa shape index (κ3) is 2.38. The van der Waals surface area contributed by atoms with Gasteiger partial charge in [0.1, 0.15) is 5.82 Å². The third-order valence-electron chi connectivity index (χ3n) is 2.24. The summed E-state index contributed by atoms with van der Waals surface area (Å²) in [5, 5.41) is 1.18. The molecule has 0 unspecified atom stereocenters. The number of nitrogens with two attached hydrogens (primary N) is 1. The largest absolute Gasteiger partial charge is 0.341 e. The van der Waals surface area contributed by atoms with Crippen molar-refractivity contribution in [3.8, 4) is 11.4 Å². The van der Waals surface area contributed by atoms with E-state index in [1.54, 1.807) is 0 Å². The Bertz CT molecular complexity index is 476. The number of hydrogen-bond acceptors (Lipinski definition) is 2. The van der Waals surface area contributed by atoms with Crippen LogP contribution in [0.1, 0.15) is 5.69 Å². The summed E-state index contributed by atoms with van der Waals surface area (Å²) in [6, 6.07) is 7.42. The van der Waals surface area contributed by atoms with Gasteiger partial charge in [-0.15, -0.1) is 0 Å². The van der Waals surface area contributed by atoms with Gasteiger partial charge in [0, 0.05) is 17.0 Å². The van der Waals surface area contributed by atoms with Gasteiger partial charge in [0.25, 0.3) is 0 Å². The van der Waals surface area contributed by atoms with Crippen LogP contribution in [0, 0.1) is 0 Å². The van der Waals surface area contributed by atoms with Gasteiger partial charge in [-0.05, 0) is 30.8 Å². The molecule has 0 aliphatic heterocycles. The topological polar surface area (TPSA) is 54.7 Å². The number of aromatic amines is 1. The minimum absolute atomic E-state index is 0.482. The molecule has 3 nitrogen and oxygen atoms in total. The summed E-state index contributed by atoms with van der Waals surface area (Å²) in [6.45, 7) is 0.544. The second-order valence-electron chi connectivity index (χ2n) is 3.40. The normalized spacial score (nSPS) is 10.7. The minimum Gasteiger partial charge on any atom is -0.341 e. The molecule has 0 saturated heterocycles. The van der Waals surface area contributed by atoms with Gasteiger partial charge in [0.2, 0.25) is 0 Å². The van der Waals surface area contributed by atoms with Crippen LogP contribution in [0.15, 0.2) is 24.3 Å². The van der Waals surface area contributed by atoms with E-state index in [0.29, 0.717) is 23.1 Å².